The Balaban J connectivity index is 2.51. The molecular formula is C12H10Cl2O2. The molecule has 1 aliphatic carbocycles. The molecule has 2 nitrogen and oxygen atoms in total. The van der Waals surface area contributed by atoms with Crippen molar-refractivity contribution in [3.05, 3.63) is 33.3 Å². The highest BCUT2D eigenvalue weighted by molar-refractivity contribution is 6.35. The number of ketones is 2. The lowest BCUT2D eigenvalue weighted by Crippen LogP contribution is -2.12. The summed E-state index contributed by atoms with van der Waals surface area (Å²) < 4.78 is 0. The van der Waals surface area contributed by atoms with Crippen LogP contribution in [0.4, 0.5) is 0 Å². The quantitative estimate of drug-likeness (QED) is 0.723. The van der Waals surface area contributed by atoms with Crippen LogP contribution in [-0.2, 0) is 9.59 Å². The summed E-state index contributed by atoms with van der Waals surface area (Å²) >= 11 is 12.0. The summed E-state index contributed by atoms with van der Waals surface area (Å²) in [5, 5.41) is 0.974. The first-order chi connectivity index (χ1) is 7.50. The molecule has 84 valence electrons. The summed E-state index contributed by atoms with van der Waals surface area (Å²) in [6.45, 7) is 1.83. The highest BCUT2D eigenvalue weighted by Crippen LogP contribution is 2.35. The minimum atomic E-state index is -0.703. The third kappa shape index (κ3) is 1.87. The van der Waals surface area contributed by atoms with Crippen molar-refractivity contribution in [1.29, 1.82) is 0 Å². The molecule has 0 saturated heterocycles. The van der Waals surface area contributed by atoms with E-state index in [1.54, 1.807) is 12.1 Å². The molecule has 1 aromatic carbocycles. The SMILES string of the molecule is Cc1cc(Cl)c(C2C(=O)CCC2=O)cc1Cl. The highest BCUT2D eigenvalue weighted by Gasteiger charge is 2.35. The molecule has 4 heteroatoms. The average molecular weight is 257 g/mol. The maximum absolute atomic E-state index is 11.6. The molecule has 16 heavy (non-hydrogen) atoms. The second kappa shape index (κ2) is 4.19. The first-order valence-corrected chi connectivity index (χ1v) is 5.77. The summed E-state index contributed by atoms with van der Waals surface area (Å²) in [6, 6.07) is 3.32. The molecule has 1 aliphatic rings. The molecule has 1 saturated carbocycles. The van der Waals surface area contributed by atoms with E-state index in [1.807, 2.05) is 6.92 Å². The first-order valence-electron chi connectivity index (χ1n) is 5.01. The molecule has 0 N–H and O–H groups in total. The van der Waals surface area contributed by atoms with Crippen LogP contribution < -0.4 is 0 Å². The van der Waals surface area contributed by atoms with Crippen molar-refractivity contribution in [2.45, 2.75) is 25.7 Å². The van der Waals surface area contributed by atoms with E-state index in [-0.39, 0.29) is 11.6 Å². The van der Waals surface area contributed by atoms with Gasteiger partial charge in [0.2, 0.25) is 0 Å². The van der Waals surface area contributed by atoms with Crippen LogP contribution in [-0.4, -0.2) is 11.6 Å². The Morgan fingerprint density at radius 3 is 2.19 bits per heavy atom. The fourth-order valence-electron chi connectivity index (χ4n) is 1.94. The zero-order valence-electron chi connectivity index (χ0n) is 8.72. The Morgan fingerprint density at radius 2 is 1.62 bits per heavy atom. The predicted octanol–water partition coefficient (Wildman–Crippen LogP) is 3.32. The summed E-state index contributed by atoms with van der Waals surface area (Å²) in [5.41, 5.74) is 1.39. The van der Waals surface area contributed by atoms with Gasteiger partial charge >= 0.3 is 0 Å². The van der Waals surface area contributed by atoms with Crippen LogP contribution in [0.2, 0.25) is 10.0 Å². The number of carbonyl (C=O) groups excluding carboxylic acids is 2. The van der Waals surface area contributed by atoms with Gasteiger partial charge in [0.25, 0.3) is 0 Å². The van der Waals surface area contributed by atoms with Crippen LogP contribution in [0.15, 0.2) is 12.1 Å². The predicted molar refractivity (Wildman–Crippen MR) is 63.2 cm³/mol. The van der Waals surface area contributed by atoms with Gasteiger partial charge in [-0.3, -0.25) is 9.59 Å². The molecule has 1 fully saturated rings. The molecule has 0 atom stereocenters. The van der Waals surface area contributed by atoms with Gasteiger partial charge in [-0.2, -0.15) is 0 Å². The fraction of sp³-hybridized carbons (Fsp3) is 0.333. The third-order valence-electron chi connectivity index (χ3n) is 2.85. The van der Waals surface area contributed by atoms with Crippen molar-refractivity contribution in [2.75, 3.05) is 0 Å². The molecule has 2 rings (SSSR count). The number of hydrogen-bond acceptors (Lipinski definition) is 2. The van der Waals surface area contributed by atoms with E-state index in [9.17, 15) is 9.59 Å². The maximum Gasteiger partial charge on any atom is 0.148 e. The molecule has 0 heterocycles. The van der Waals surface area contributed by atoms with Crippen LogP contribution >= 0.6 is 23.2 Å². The lowest BCUT2D eigenvalue weighted by molar-refractivity contribution is -0.123. The molecular weight excluding hydrogens is 247 g/mol. The minimum Gasteiger partial charge on any atom is -0.299 e. The van der Waals surface area contributed by atoms with Gasteiger partial charge in [0.05, 0.1) is 0 Å². The lowest BCUT2D eigenvalue weighted by atomic mass is 9.95. The van der Waals surface area contributed by atoms with E-state index >= 15 is 0 Å². The molecule has 0 aliphatic heterocycles. The Labute approximate surface area is 104 Å². The smallest absolute Gasteiger partial charge is 0.148 e. The molecule has 0 bridgehead atoms. The van der Waals surface area contributed by atoms with Gasteiger partial charge in [-0.1, -0.05) is 23.2 Å². The summed E-state index contributed by atoms with van der Waals surface area (Å²) in [4.78, 5) is 23.2. The molecule has 0 amide bonds. The van der Waals surface area contributed by atoms with Crippen LogP contribution in [0.5, 0.6) is 0 Å². The van der Waals surface area contributed by atoms with E-state index in [1.165, 1.54) is 0 Å². The molecule has 1 aromatic rings. The van der Waals surface area contributed by atoms with Gasteiger partial charge in [0, 0.05) is 22.9 Å². The van der Waals surface area contributed by atoms with Crippen molar-refractivity contribution >= 4 is 34.8 Å². The molecule has 0 radical (unpaired) electrons. The number of Topliss-reactive ketones (excluding diaryl/α,β-unsaturated/α-hetero) is 2. The van der Waals surface area contributed by atoms with Crippen molar-refractivity contribution < 1.29 is 9.59 Å². The topological polar surface area (TPSA) is 34.1 Å². The van der Waals surface area contributed by atoms with Gasteiger partial charge in [-0.25, -0.2) is 0 Å². The highest BCUT2D eigenvalue weighted by atomic mass is 35.5. The number of aryl methyl sites for hydroxylation is 1. The zero-order chi connectivity index (χ0) is 11.9. The van der Waals surface area contributed by atoms with Gasteiger partial charge in [-0.15, -0.1) is 0 Å². The maximum atomic E-state index is 11.6. The Hall–Kier alpha value is -0.860. The van der Waals surface area contributed by atoms with Gasteiger partial charge < -0.3 is 0 Å². The summed E-state index contributed by atoms with van der Waals surface area (Å²) in [6.07, 6.45) is 0.622. The van der Waals surface area contributed by atoms with Crippen molar-refractivity contribution in [1.82, 2.24) is 0 Å². The van der Waals surface area contributed by atoms with Crippen LogP contribution in [0.1, 0.15) is 29.9 Å². The van der Waals surface area contributed by atoms with Crippen molar-refractivity contribution in [3.63, 3.8) is 0 Å². The number of halogens is 2. The molecule has 0 aromatic heterocycles. The lowest BCUT2D eigenvalue weighted by Gasteiger charge is -2.11. The minimum absolute atomic E-state index is 0.0631. The number of hydrogen-bond donors (Lipinski definition) is 0. The number of rotatable bonds is 1. The van der Waals surface area contributed by atoms with E-state index in [0.717, 1.165) is 5.56 Å². The largest absolute Gasteiger partial charge is 0.299 e. The Bertz CT molecular complexity index is 464. The molecule has 0 spiro atoms. The average Bonchev–Trinajstić information content (AvgIpc) is 2.53. The Morgan fingerprint density at radius 1 is 1.06 bits per heavy atom. The summed E-state index contributed by atoms with van der Waals surface area (Å²) in [5.74, 6) is -0.829. The van der Waals surface area contributed by atoms with E-state index < -0.39 is 5.92 Å². The van der Waals surface area contributed by atoms with Gasteiger partial charge in [0.15, 0.2) is 0 Å². The van der Waals surface area contributed by atoms with Crippen LogP contribution in [0.25, 0.3) is 0 Å². The van der Waals surface area contributed by atoms with E-state index in [4.69, 9.17) is 23.2 Å². The normalized spacial score (nSPS) is 17.2. The van der Waals surface area contributed by atoms with Crippen molar-refractivity contribution in [2.24, 2.45) is 0 Å². The summed E-state index contributed by atoms with van der Waals surface area (Å²) in [7, 11) is 0. The monoisotopic (exact) mass is 256 g/mol. The van der Waals surface area contributed by atoms with Crippen LogP contribution in [0, 0.1) is 6.92 Å². The standard InChI is InChI=1S/C12H10Cl2O2/c1-6-4-9(14)7(5-8(6)13)12-10(15)2-3-11(12)16/h4-5,12H,2-3H2,1H3. The molecule has 0 unspecified atom stereocenters. The van der Waals surface area contributed by atoms with Crippen molar-refractivity contribution in [3.8, 4) is 0 Å². The van der Waals surface area contributed by atoms with E-state index in [0.29, 0.717) is 28.5 Å². The first kappa shape index (κ1) is 11.6. The van der Waals surface area contributed by atoms with Gasteiger partial charge in [-0.05, 0) is 30.2 Å². The Kier molecular flexibility index (Phi) is 3.04. The van der Waals surface area contributed by atoms with Crippen LogP contribution in [0.3, 0.4) is 0 Å². The second-order valence-corrected chi connectivity index (χ2v) is 4.80. The number of carbonyl (C=O) groups is 2. The number of benzene rings is 1. The van der Waals surface area contributed by atoms with Gasteiger partial charge in [0.1, 0.15) is 17.5 Å². The third-order valence-corrected chi connectivity index (χ3v) is 3.59. The fourth-order valence-corrected chi connectivity index (χ4v) is 2.44. The second-order valence-electron chi connectivity index (χ2n) is 3.99. The van der Waals surface area contributed by atoms with E-state index in [2.05, 4.69) is 0 Å². The zero-order valence-corrected chi connectivity index (χ0v) is 10.2.